The number of aryl methyl sites for hydroxylation is 2. The Morgan fingerprint density at radius 1 is 1.06 bits per heavy atom. The largest absolute Gasteiger partial charge is 0.493 e. The molecule has 2 heteroatoms. The monoisotopic (exact) mass is 249 g/mol. The average molecular weight is 249 g/mol. The van der Waals surface area contributed by atoms with Crippen molar-refractivity contribution in [2.45, 2.75) is 40.5 Å². The van der Waals surface area contributed by atoms with Crippen LogP contribution in [0, 0.1) is 13.8 Å². The molecule has 0 aromatic heterocycles. The van der Waals surface area contributed by atoms with E-state index in [0.29, 0.717) is 0 Å². The Kier molecular flexibility index (Phi) is 6.81. The van der Waals surface area contributed by atoms with Crippen LogP contribution in [-0.2, 0) is 0 Å². The van der Waals surface area contributed by atoms with Gasteiger partial charge in [0, 0.05) is 0 Å². The van der Waals surface area contributed by atoms with Crippen molar-refractivity contribution in [1.29, 1.82) is 0 Å². The van der Waals surface area contributed by atoms with Crippen molar-refractivity contribution in [1.82, 2.24) is 4.90 Å². The van der Waals surface area contributed by atoms with Crippen LogP contribution in [0.3, 0.4) is 0 Å². The topological polar surface area (TPSA) is 12.5 Å². The molecule has 0 N–H and O–H groups in total. The lowest BCUT2D eigenvalue weighted by atomic mass is 10.1. The van der Waals surface area contributed by atoms with E-state index in [2.05, 4.69) is 50.8 Å². The van der Waals surface area contributed by atoms with Crippen molar-refractivity contribution in [3.63, 3.8) is 0 Å². The molecule has 0 bridgehead atoms. The van der Waals surface area contributed by atoms with Gasteiger partial charge < -0.3 is 9.64 Å². The summed E-state index contributed by atoms with van der Waals surface area (Å²) in [5.74, 6) is 1.04. The van der Waals surface area contributed by atoms with Crippen LogP contribution in [0.15, 0.2) is 18.2 Å². The Morgan fingerprint density at radius 2 is 1.78 bits per heavy atom. The van der Waals surface area contributed by atoms with Gasteiger partial charge in [0.25, 0.3) is 0 Å². The van der Waals surface area contributed by atoms with E-state index in [1.165, 1.54) is 24.1 Å². The number of hydrogen-bond acceptors (Lipinski definition) is 2. The summed E-state index contributed by atoms with van der Waals surface area (Å²) in [5, 5.41) is 0. The predicted octanol–water partition coefficient (Wildman–Crippen LogP) is 3.80. The van der Waals surface area contributed by atoms with Crippen molar-refractivity contribution >= 4 is 0 Å². The van der Waals surface area contributed by atoms with Crippen LogP contribution in [0.1, 0.15) is 37.8 Å². The lowest BCUT2D eigenvalue weighted by Crippen LogP contribution is -2.24. The molecule has 1 aromatic carbocycles. The molecule has 2 nitrogen and oxygen atoms in total. The molecule has 102 valence electrons. The zero-order valence-electron chi connectivity index (χ0n) is 12.3. The summed E-state index contributed by atoms with van der Waals surface area (Å²) >= 11 is 0. The number of hydrogen-bond donors (Lipinski definition) is 0. The average Bonchev–Trinajstić information content (AvgIpc) is 2.38. The van der Waals surface area contributed by atoms with Gasteiger partial charge >= 0.3 is 0 Å². The minimum atomic E-state index is 0.825. The highest BCUT2D eigenvalue weighted by Crippen LogP contribution is 2.19. The van der Waals surface area contributed by atoms with Crippen molar-refractivity contribution in [3.05, 3.63) is 29.3 Å². The highest BCUT2D eigenvalue weighted by Gasteiger charge is 2.01. The molecule has 0 radical (unpaired) electrons. The summed E-state index contributed by atoms with van der Waals surface area (Å²) in [6.45, 7) is 12.9. The molecule has 0 heterocycles. The van der Waals surface area contributed by atoms with Gasteiger partial charge in [0.15, 0.2) is 0 Å². The zero-order chi connectivity index (χ0) is 13.4. The lowest BCUT2D eigenvalue weighted by Gasteiger charge is -2.17. The lowest BCUT2D eigenvalue weighted by molar-refractivity contribution is 0.265. The second-order valence-corrected chi connectivity index (χ2v) is 4.85. The van der Waals surface area contributed by atoms with E-state index in [1.807, 2.05) is 0 Å². The number of benzene rings is 1. The number of nitrogens with zero attached hydrogens (tertiary/aromatic N) is 1. The third-order valence-electron chi connectivity index (χ3n) is 3.36. The highest BCUT2D eigenvalue weighted by molar-refractivity contribution is 5.35. The van der Waals surface area contributed by atoms with Crippen LogP contribution in [0.4, 0.5) is 0 Å². The molecule has 0 amide bonds. The summed E-state index contributed by atoms with van der Waals surface area (Å²) in [5.41, 5.74) is 2.49. The minimum Gasteiger partial charge on any atom is -0.493 e. The zero-order valence-corrected chi connectivity index (χ0v) is 12.3. The van der Waals surface area contributed by atoms with Gasteiger partial charge in [-0.1, -0.05) is 26.0 Å². The Morgan fingerprint density at radius 3 is 2.44 bits per heavy atom. The molecule has 1 rings (SSSR count). The van der Waals surface area contributed by atoms with E-state index < -0.39 is 0 Å². The first-order valence-corrected chi connectivity index (χ1v) is 7.09. The standard InChI is InChI=1S/C16H27NO/c1-5-17(6-2)11-7-8-12-18-16-13-14(3)9-10-15(16)4/h9-10,13H,5-8,11-12H2,1-4H3. The maximum atomic E-state index is 5.85. The van der Waals surface area contributed by atoms with Gasteiger partial charge in [0.05, 0.1) is 6.61 Å². The first kappa shape index (κ1) is 15.0. The van der Waals surface area contributed by atoms with Crippen LogP contribution in [-0.4, -0.2) is 31.1 Å². The van der Waals surface area contributed by atoms with Crippen molar-refractivity contribution in [2.75, 3.05) is 26.2 Å². The van der Waals surface area contributed by atoms with Gasteiger partial charge in [-0.15, -0.1) is 0 Å². The predicted molar refractivity (Wildman–Crippen MR) is 78.4 cm³/mol. The second-order valence-electron chi connectivity index (χ2n) is 4.85. The van der Waals surface area contributed by atoms with E-state index in [9.17, 15) is 0 Å². The third kappa shape index (κ3) is 5.09. The van der Waals surface area contributed by atoms with Crippen molar-refractivity contribution in [3.8, 4) is 5.75 Å². The molecule has 0 fully saturated rings. The molecule has 0 aliphatic carbocycles. The highest BCUT2D eigenvalue weighted by atomic mass is 16.5. The smallest absolute Gasteiger partial charge is 0.122 e. The normalized spacial score (nSPS) is 10.9. The van der Waals surface area contributed by atoms with E-state index in [4.69, 9.17) is 4.74 Å². The van der Waals surface area contributed by atoms with Gasteiger partial charge in [-0.3, -0.25) is 0 Å². The Bertz CT molecular complexity index is 345. The van der Waals surface area contributed by atoms with Gasteiger partial charge in [0.1, 0.15) is 5.75 Å². The molecule has 0 spiro atoms. The summed E-state index contributed by atoms with van der Waals surface area (Å²) in [6.07, 6.45) is 2.34. The van der Waals surface area contributed by atoms with Gasteiger partial charge in [-0.25, -0.2) is 0 Å². The summed E-state index contributed by atoms with van der Waals surface area (Å²) in [7, 11) is 0. The first-order chi connectivity index (χ1) is 8.67. The van der Waals surface area contributed by atoms with E-state index in [0.717, 1.165) is 31.9 Å². The van der Waals surface area contributed by atoms with Crippen LogP contribution < -0.4 is 4.74 Å². The number of unbranched alkanes of at least 4 members (excludes halogenated alkanes) is 1. The van der Waals surface area contributed by atoms with Crippen LogP contribution in [0.2, 0.25) is 0 Å². The van der Waals surface area contributed by atoms with Crippen molar-refractivity contribution < 1.29 is 4.74 Å². The van der Waals surface area contributed by atoms with Crippen LogP contribution >= 0.6 is 0 Å². The molecule has 0 atom stereocenters. The molecule has 0 aliphatic rings. The van der Waals surface area contributed by atoms with Crippen LogP contribution in [0.5, 0.6) is 5.75 Å². The molecule has 0 saturated heterocycles. The molecule has 0 unspecified atom stereocenters. The van der Waals surface area contributed by atoms with Crippen molar-refractivity contribution in [2.24, 2.45) is 0 Å². The third-order valence-corrected chi connectivity index (χ3v) is 3.36. The Hall–Kier alpha value is -1.02. The maximum Gasteiger partial charge on any atom is 0.122 e. The van der Waals surface area contributed by atoms with E-state index in [1.54, 1.807) is 0 Å². The second kappa shape index (κ2) is 8.15. The first-order valence-electron chi connectivity index (χ1n) is 7.09. The van der Waals surface area contributed by atoms with E-state index >= 15 is 0 Å². The van der Waals surface area contributed by atoms with Crippen LogP contribution in [0.25, 0.3) is 0 Å². The fourth-order valence-electron chi connectivity index (χ4n) is 2.02. The molecule has 1 aromatic rings. The number of rotatable bonds is 8. The van der Waals surface area contributed by atoms with E-state index in [-0.39, 0.29) is 0 Å². The summed E-state index contributed by atoms with van der Waals surface area (Å²) in [6, 6.07) is 6.38. The minimum absolute atomic E-state index is 0.825. The summed E-state index contributed by atoms with van der Waals surface area (Å²) < 4.78 is 5.85. The van der Waals surface area contributed by atoms with Gasteiger partial charge in [-0.05, 0) is 63.5 Å². The SMILES string of the molecule is CCN(CC)CCCCOc1cc(C)ccc1C. The molecule has 0 aliphatic heterocycles. The molecule has 0 saturated carbocycles. The number of ether oxygens (including phenoxy) is 1. The maximum absolute atomic E-state index is 5.85. The fourth-order valence-corrected chi connectivity index (χ4v) is 2.02. The molecular formula is C16H27NO. The molecule has 18 heavy (non-hydrogen) atoms. The van der Waals surface area contributed by atoms with Gasteiger partial charge in [-0.2, -0.15) is 0 Å². The molecular weight excluding hydrogens is 222 g/mol. The fraction of sp³-hybridized carbons (Fsp3) is 0.625. The Balaban J connectivity index is 2.23. The quantitative estimate of drug-likeness (QED) is 0.650. The van der Waals surface area contributed by atoms with Gasteiger partial charge in [0.2, 0.25) is 0 Å². The Labute approximate surface area is 112 Å². The summed E-state index contributed by atoms with van der Waals surface area (Å²) in [4.78, 5) is 2.46.